The Hall–Kier alpha value is -0.835. The molecule has 0 aliphatic heterocycles. The van der Waals surface area contributed by atoms with Crippen LogP contribution in [0.4, 0.5) is 0 Å². The van der Waals surface area contributed by atoms with Gasteiger partial charge in [0.1, 0.15) is 7.85 Å². The summed E-state index contributed by atoms with van der Waals surface area (Å²) in [5.74, 6) is 0. The molecule has 2 rings (SSSR count). The van der Waals surface area contributed by atoms with E-state index >= 15 is 0 Å². The van der Waals surface area contributed by atoms with Gasteiger partial charge in [-0.3, -0.25) is 4.90 Å². The molecule has 1 aromatic rings. The highest BCUT2D eigenvalue weighted by atomic mass is 16.0. The fourth-order valence-corrected chi connectivity index (χ4v) is 2.56. The van der Waals surface area contributed by atoms with Crippen molar-refractivity contribution in [3.05, 3.63) is 29.8 Å². The molecule has 0 spiro atoms. The van der Waals surface area contributed by atoms with Gasteiger partial charge < -0.3 is 11.0 Å². The van der Waals surface area contributed by atoms with E-state index < -0.39 is 0 Å². The van der Waals surface area contributed by atoms with Gasteiger partial charge in [0.05, 0.1) is 0 Å². The first-order chi connectivity index (χ1) is 7.75. The Balaban J connectivity index is 0.00000144. The molecule has 18 heavy (non-hydrogen) atoms. The van der Waals surface area contributed by atoms with Crippen molar-refractivity contribution in [2.24, 2.45) is 0 Å². The fourth-order valence-electron chi connectivity index (χ4n) is 2.56. The molecule has 1 aromatic carbocycles. The average Bonchev–Trinajstić information content (AvgIpc) is 2.33. The molecule has 3 nitrogen and oxygen atoms in total. The maximum absolute atomic E-state index is 5.69. The van der Waals surface area contributed by atoms with Gasteiger partial charge >= 0.3 is 0 Å². The third kappa shape index (κ3) is 4.80. The SMILES string of the molecule is O.O.[B]c1ccc(CN(C)C2CCCCC2)cc1. The van der Waals surface area contributed by atoms with Crippen LogP contribution in [-0.2, 0) is 6.54 Å². The molecular weight excluding hydrogens is 225 g/mol. The van der Waals surface area contributed by atoms with Gasteiger partial charge in [0.2, 0.25) is 0 Å². The highest BCUT2D eigenvalue weighted by molar-refractivity contribution is 6.32. The minimum absolute atomic E-state index is 0. The maximum Gasteiger partial charge on any atom is 0.113 e. The first-order valence-corrected chi connectivity index (χ1v) is 6.30. The molecule has 2 radical (unpaired) electrons. The van der Waals surface area contributed by atoms with Crippen molar-refractivity contribution in [3.63, 3.8) is 0 Å². The van der Waals surface area contributed by atoms with Crippen molar-refractivity contribution in [3.8, 4) is 0 Å². The van der Waals surface area contributed by atoms with E-state index in [2.05, 4.69) is 24.1 Å². The summed E-state index contributed by atoms with van der Waals surface area (Å²) in [4.78, 5) is 2.49. The summed E-state index contributed by atoms with van der Waals surface area (Å²) in [6.07, 6.45) is 6.96. The van der Waals surface area contributed by atoms with Gasteiger partial charge in [0, 0.05) is 12.6 Å². The summed E-state index contributed by atoms with van der Waals surface area (Å²) in [6, 6.07) is 9.03. The van der Waals surface area contributed by atoms with Crippen LogP contribution in [-0.4, -0.2) is 36.8 Å². The van der Waals surface area contributed by atoms with Crippen molar-refractivity contribution >= 4 is 13.3 Å². The van der Waals surface area contributed by atoms with E-state index in [9.17, 15) is 0 Å². The highest BCUT2D eigenvalue weighted by Gasteiger charge is 2.17. The lowest BCUT2D eigenvalue weighted by Gasteiger charge is -2.31. The Kier molecular flexibility index (Phi) is 7.91. The maximum atomic E-state index is 5.69. The van der Waals surface area contributed by atoms with Crippen LogP contribution in [0.3, 0.4) is 0 Å². The third-order valence-electron chi connectivity index (χ3n) is 3.61. The van der Waals surface area contributed by atoms with Crippen molar-refractivity contribution in [2.45, 2.75) is 44.7 Å². The summed E-state index contributed by atoms with van der Waals surface area (Å²) < 4.78 is 0. The van der Waals surface area contributed by atoms with Crippen LogP contribution in [0.15, 0.2) is 24.3 Å². The van der Waals surface area contributed by atoms with Crippen LogP contribution in [0.1, 0.15) is 37.7 Å². The normalized spacial score (nSPS) is 15.9. The van der Waals surface area contributed by atoms with Crippen LogP contribution in [0.25, 0.3) is 0 Å². The summed E-state index contributed by atoms with van der Waals surface area (Å²) in [5, 5.41) is 0. The Morgan fingerprint density at radius 1 is 1.06 bits per heavy atom. The highest BCUT2D eigenvalue weighted by Crippen LogP contribution is 2.22. The van der Waals surface area contributed by atoms with Gasteiger partial charge in [-0.15, -0.1) is 0 Å². The van der Waals surface area contributed by atoms with Gasteiger partial charge in [-0.1, -0.05) is 49.0 Å². The molecule has 1 fully saturated rings. The van der Waals surface area contributed by atoms with E-state index in [1.54, 1.807) is 0 Å². The van der Waals surface area contributed by atoms with Gasteiger partial charge in [0.15, 0.2) is 0 Å². The van der Waals surface area contributed by atoms with Gasteiger partial charge in [-0.2, -0.15) is 0 Å². The molecular formula is C14H24BNO2. The monoisotopic (exact) mass is 249 g/mol. The smallest absolute Gasteiger partial charge is 0.113 e. The lowest BCUT2D eigenvalue weighted by molar-refractivity contribution is 0.184. The molecule has 4 heteroatoms. The zero-order chi connectivity index (χ0) is 11.4. The molecule has 0 bridgehead atoms. The van der Waals surface area contributed by atoms with Gasteiger partial charge in [-0.05, 0) is 25.5 Å². The van der Waals surface area contributed by atoms with E-state index in [0.29, 0.717) is 0 Å². The Bertz CT molecular complexity index is 323. The zero-order valence-electron chi connectivity index (χ0n) is 11.2. The molecule has 4 N–H and O–H groups in total. The number of benzene rings is 1. The lowest BCUT2D eigenvalue weighted by atomic mass is 9.93. The van der Waals surface area contributed by atoms with Crippen LogP contribution in [0.5, 0.6) is 0 Å². The predicted octanol–water partition coefficient (Wildman–Crippen LogP) is 0.595. The quantitative estimate of drug-likeness (QED) is 0.723. The Labute approximate surface area is 111 Å². The first-order valence-electron chi connectivity index (χ1n) is 6.30. The Morgan fingerprint density at radius 2 is 1.61 bits per heavy atom. The van der Waals surface area contributed by atoms with Gasteiger partial charge in [-0.25, -0.2) is 0 Å². The molecule has 0 amide bonds. The predicted molar refractivity (Wildman–Crippen MR) is 77.4 cm³/mol. The molecule has 100 valence electrons. The van der Waals surface area contributed by atoms with Gasteiger partial charge in [0.25, 0.3) is 0 Å². The molecule has 1 aliphatic rings. The van der Waals surface area contributed by atoms with Crippen LogP contribution < -0.4 is 5.46 Å². The minimum Gasteiger partial charge on any atom is -0.412 e. The molecule has 0 saturated heterocycles. The standard InChI is InChI=1S/C14H20BN.2H2O/c1-16(14-5-3-2-4-6-14)11-12-7-9-13(15)10-8-12;;/h7-10,14H,2-6,11H2,1H3;2*1H2. The van der Waals surface area contributed by atoms with Crippen LogP contribution >= 0.6 is 0 Å². The van der Waals surface area contributed by atoms with E-state index in [-0.39, 0.29) is 11.0 Å². The van der Waals surface area contributed by atoms with Crippen molar-refractivity contribution < 1.29 is 11.0 Å². The minimum atomic E-state index is 0. The van der Waals surface area contributed by atoms with E-state index in [0.717, 1.165) is 18.0 Å². The topological polar surface area (TPSA) is 66.2 Å². The van der Waals surface area contributed by atoms with E-state index in [1.165, 1.54) is 37.7 Å². The summed E-state index contributed by atoms with van der Waals surface area (Å²) in [5.41, 5.74) is 2.21. The Morgan fingerprint density at radius 3 is 2.17 bits per heavy atom. The second kappa shape index (κ2) is 8.30. The van der Waals surface area contributed by atoms with Crippen molar-refractivity contribution in [2.75, 3.05) is 7.05 Å². The molecule has 1 aliphatic carbocycles. The molecule has 0 atom stereocenters. The second-order valence-corrected chi connectivity index (χ2v) is 4.95. The second-order valence-electron chi connectivity index (χ2n) is 4.95. The van der Waals surface area contributed by atoms with Crippen molar-refractivity contribution in [1.29, 1.82) is 0 Å². The van der Waals surface area contributed by atoms with Crippen LogP contribution in [0.2, 0.25) is 0 Å². The first kappa shape index (κ1) is 17.2. The number of hydrogen-bond acceptors (Lipinski definition) is 1. The lowest BCUT2D eigenvalue weighted by Crippen LogP contribution is -2.32. The zero-order valence-corrected chi connectivity index (χ0v) is 11.2. The largest absolute Gasteiger partial charge is 0.412 e. The molecule has 1 saturated carbocycles. The average molecular weight is 249 g/mol. The summed E-state index contributed by atoms with van der Waals surface area (Å²) >= 11 is 0. The van der Waals surface area contributed by atoms with E-state index in [4.69, 9.17) is 7.85 Å². The fraction of sp³-hybridized carbons (Fsp3) is 0.571. The molecule has 0 unspecified atom stereocenters. The molecule has 0 aromatic heterocycles. The third-order valence-corrected chi connectivity index (χ3v) is 3.61. The van der Waals surface area contributed by atoms with Crippen LogP contribution in [0, 0.1) is 0 Å². The summed E-state index contributed by atoms with van der Waals surface area (Å²) in [7, 11) is 7.93. The van der Waals surface area contributed by atoms with E-state index in [1.807, 2.05) is 12.1 Å². The summed E-state index contributed by atoms with van der Waals surface area (Å²) in [6.45, 7) is 1.05. The molecule has 0 heterocycles. The van der Waals surface area contributed by atoms with Crippen molar-refractivity contribution in [1.82, 2.24) is 4.90 Å². The number of hydrogen-bond donors (Lipinski definition) is 0. The number of nitrogens with zero attached hydrogens (tertiary/aromatic N) is 1. The number of rotatable bonds is 3.